The zero-order valence-electron chi connectivity index (χ0n) is 8.08. The van der Waals surface area contributed by atoms with E-state index in [1.807, 2.05) is 19.1 Å². The summed E-state index contributed by atoms with van der Waals surface area (Å²) in [5.74, 6) is -0.176. The molecule has 0 fully saturated rings. The van der Waals surface area contributed by atoms with Gasteiger partial charge < -0.3 is 16.2 Å². The second-order valence-electron chi connectivity index (χ2n) is 3.20. The quantitative estimate of drug-likeness (QED) is 0.644. The molecule has 14 heavy (non-hydrogen) atoms. The molecule has 4 heteroatoms. The van der Waals surface area contributed by atoms with Gasteiger partial charge in [0.1, 0.15) is 5.75 Å². The molecular formula is C10H14N2O2. The van der Waals surface area contributed by atoms with E-state index in [2.05, 4.69) is 5.32 Å². The molecule has 0 saturated carbocycles. The van der Waals surface area contributed by atoms with Crippen LogP contribution in [0.5, 0.6) is 5.75 Å². The number of nitrogens with one attached hydrogen (secondary N) is 1. The van der Waals surface area contributed by atoms with Crippen LogP contribution in [0.3, 0.4) is 0 Å². The van der Waals surface area contributed by atoms with Crippen LogP contribution in [-0.4, -0.2) is 17.6 Å². The molecule has 0 bridgehead atoms. The first-order chi connectivity index (χ1) is 6.59. The minimum Gasteiger partial charge on any atom is -0.508 e. The van der Waals surface area contributed by atoms with Crippen molar-refractivity contribution in [1.82, 2.24) is 5.32 Å². The molecule has 0 unspecified atom stereocenters. The zero-order valence-corrected chi connectivity index (χ0v) is 8.08. The summed E-state index contributed by atoms with van der Waals surface area (Å²) in [6, 6.07) is 5.33. The number of benzene rings is 1. The molecule has 1 aromatic rings. The highest BCUT2D eigenvalue weighted by molar-refractivity contribution is 5.75. The van der Waals surface area contributed by atoms with Gasteiger partial charge in [-0.15, -0.1) is 0 Å². The molecule has 0 spiro atoms. The number of rotatable bonds is 4. The van der Waals surface area contributed by atoms with Gasteiger partial charge in [0.05, 0.1) is 6.54 Å². The number of amides is 1. The van der Waals surface area contributed by atoms with E-state index in [0.29, 0.717) is 6.54 Å². The number of aryl methyl sites for hydroxylation is 1. The maximum Gasteiger partial charge on any atom is 0.231 e. The molecule has 1 rings (SSSR count). The van der Waals surface area contributed by atoms with Gasteiger partial charge in [0.25, 0.3) is 0 Å². The first-order valence-corrected chi connectivity index (χ1v) is 4.37. The van der Waals surface area contributed by atoms with Gasteiger partial charge in [-0.2, -0.15) is 0 Å². The molecule has 1 aromatic carbocycles. The molecule has 0 saturated heterocycles. The fraction of sp³-hybridized carbons (Fsp3) is 0.300. The molecule has 0 atom stereocenters. The summed E-state index contributed by atoms with van der Waals surface area (Å²) in [5.41, 5.74) is 6.80. The lowest BCUT2D eigenvalue weighted by Gasteiger charge is -2.06. The molecule has 4 nitrogen and oxygen atoms in total. The van der Waals surface area contributed by atoms with Crippen LogP contribution in [0.2, 0.25) is 0 Å². The smallest absolute Gasteiger partial charge is 0.231 e. The summed E-state index contributed by atoms with van der Waals surface area (Å²) in [5, 5.41) is 12.3. The Balaban J connectivity index is 2.57. The van der Waals surface area contributed by atoms with Crippen molar-refractivity contribution in [3.8, 4) is 5.75 Å². The van der Waals surface area contributed by atoms with Crippen LogP contribution in [0.25, 0.3) is 0 Å². The van der Waals surface area contributed by atoms with E-state index >= 15 is 0 Å². The van der Waals surface area contributed by atoms with Crippen molar-refractivity contribution < 1.29 is 9.90 Å². The minimum atomic E-state index is -0.405. The van der Waals surface area contributed by atoms with E-state index in [1.165, 1.54) is 0 Å². The molecule has 4 N–H and O–H groups in total. The van der Waals surface area contributed by atoms with Crippen molar-refractivity contribution in [3.63, 3.8) is 0 Å². The van der Waals surface area contributed by atoms with E-state index in [0.717, 1.165) is 11.1 Å². The van der Waals surface area contributed by atoms with Crippen LogP contribution in [-0.2, 0) is 11.3 Å². The van der Waals surface area contributed by atoms with Crippen LogP contribution in [0, 0.1) is 6.92 Å². The number of phenols is 1. The maximum atomic E-state index is 10.4. The maximum absolute atomic E-state index is 10.4. The van der Waals surface area contributed by atoms with Gasteiger partial charge in [-0.25, -0.2) is 0 Å². The van der Waals surface area contributed by atoms with Crippen molar-refractivity contribution >= 4 is 5.91 Å². The summed E-state index contributed by atoms with van der Waals surface area (Å²) in [6.07, 6.45) is 0. The lowest BCUT2D eigenvalue weighted by Crippen LogP contribution is -2.28. The molecule has 0 aromatic heterocycles. The Morgan fingerprint density at radius 3 is 2.93 bits per heavy atom. The number of hydrogen-bond acceptors (Lipinski definition) is 3. The van der Waals surface area contributed by atoms with E-state index in [1.54, 1.807) is 6.07 Å². The van der Waals surface area contributed by atoms with Crippen LogP contribution in [0.4, 0.5) is 0 Å². The number of primary amides is 1. The second-order valence-corrected chi connectivity index (χ2v) is 3.20. The molecular weight excluding hydrogens is 180 g/mol. The minimum absolute atomic E-state index is 0.118. The van der Waals surface area contributed by atoms with E-state index in [-0.39, 0.29) is 12.3 Å². The third kappa shape index (κ3) is 3.06. The Kier molecular flexibility index (Phi) is 3.48. The van der Waals surface area contributed by atoms with Crippen LogP contribution in [0.15, 0.2) is 18.2 Å². The Bertz CT molecular complexity index is 337. The second kappa shape index (κ2) is 4.62. The first kappa shape index (κ1) is 10.5. The Labute approximate surface area is 82.7 Å². The van der Waals surface area contributed by atoms with E-state index in [4.69, 9.17) is 5.73 Å². The predicted molar refractivity (Wildman–Crippen MR) is 53.7 cm³/mol. The van der Waals surface area contributed by atoms with Gasteiger partial charge in [-0.3, -0.25) is 4.79 Å². The van der Waals surface area contributed by atoms with Gasteiger partial charge in [-0.05, 0) is 13.0 Å². The molecule has 0 aliphatic rings. The average molecular weight is 194 g/mol. The van der Waals surface area contributed by atoms with Crippen molar-refractivity contribution in [2.45, 2.75) is 13.5 Å². The molecule has 1 amide bonds. The summed E-state index contributed by atoms with van der Waals surface area (Å²) in [4.78, 5) is 10.4. The third-order valence-corrected chi connectivity index (χ3v) is 1.85. The molecule has 76 valence electrons. The molecule has 0 heterocycles. The summed E-state index contributed by atoms with van der Waals surface area (Å²) < 4.78 is 0. The van der Waals surface area contributed by atoms with Crippen LogP contribution < -0.4 is 11.1 Å². The fourth-order valence-electron chi connectivity index (χ4n) is 1.18. The normalized spacial score (nSPS) is 10.1. The average Bonchev–Trinajstić information content (AvgIpc) is 2.10. The van der Waals surface area contributed by atoms with Crippen molar-refractivity contribution in [1.29, 1.82) is 0 Å². The molecule has 0 radical (unpaired) electrons. The van der Waals surface area contributed by atoms with Gasteiger partial charge >= 0.3 is 0 Å². The lowest BCUT2D eigenvalue weighted by atomic mass is 10.1. The largest absolute Gasteiger partial charge is 0.508 e. The van der Waals surface area contributed by atoms with Crippen LogP contribution in [0.1, 0.15) is 11.1 Å². The number of phenolic OH excluding ortho intramolecular Hbond substituents is 1. The number of hydrogen-bond donors (Lipinski definition) is 3. The Morgan fingerprint density at radius 2 is 2.29 bits per heavy atom. The SMILES string of the molecule is Cc1ccc(O)c(CNCC(N)=O)c1. The highest BCUT2D eigenvalue weighted by Gasteiger charge is 2.01. The van der Waals surface area contributed by atoms with Gasteiger partial charge in [0.15, 0.2) is 0 Å². The number of carbonyl (C=O) groups excluding carboxylic acids is 1. The lowest BCUT2D eigenvalue weighted by molar-refractivity contribution is -0.117. The van der Waals surface area contributed by atoms with Crippen molar-refractivity contribution in [3.05, 3.63) is 29.3 Å². The molecule has 0 aliphatic heterocycles. The van der Waals surface area contributed by atoms with Crippen molar-refractivity contribution in [2.24, 2.45) is 5.73 Å². The highest BCUT2D eigenvalue weighted by Crippen LogP contribution is 2.17. The summed E-state index contributed by atoms with van der Waals surface area (Å²) >= 11 is 0. The van der Waals surface area contributed by atoms with E-state index < -0.39 is 5.91 Å². The number of nitrogens with two attached hydrogens (primary N) is 1. The van der Waals surface area contributed by atoms with Crippen molar-refractivity contribution in [2.75, 3.05) is 6.54 Å². The fourth-order valence-corrected chi connectivity index (χ4v) is 1.18. The van der Waals surface area contributed by atoms with Gasteiger partial charge in [0.2, 0.25) is 5.91 Å². The first-order valence-electron chi connectivity index (χ1n) is 4.37. The molecule has 0 aliphatic carbocycles. The highest BCUT2D eigenvalue weighted by atomic mass is 16.3. The van der Waals surface area contributed by atoms with Gasteiger partial charge in [0, 0.05) is 12.1 Å². The Hall–Kier alpha value is -1.55. The third-order valence-electron chi connectivity index (χ3n) is 1.85. The van der Waals surface area contributed by atoms with Gasteiger partial charge in [-0.1, -0.05) is 17.7 Å². The summed E-state index contributed by atoms with van der Waals surface area (Å²) in [7, 11) is 0. The predicted octanol–water partition coefficient (Wildman–Crippen LogP) is 0.276. The Morgan fingerprint density at radius 1 is 1.57 bits per heavy atom. The summed E-state index contributed by atoms with van der Waals surface area (Å²) in [6.45, 7) is 2.50. The zero-order chi connectivity index (χ0) is 10.6. The number of carbonyl (C=O) groups is 1. The topological polar surface area (TPSA) is 75.3 Å². The number of aromatic hydroxyl groups is 1. The standard InChI is InChI=1S/C10H14N2O2/c1-7-2-3-9(13)8(4-7)5-12-6-10(11)14/h2-4,12-13H,5-6H2,1H3,(H2,11,14). The monoisotopic (exact) mass is 194 g/mol. The van der Waals surface area contributed by atoms with E-state index in [9.17, 15) is 9.90 Å². The van der Waals surface area contributed by atoms with Crippen LogP contribution >= 0.6 is 0 Å².